The number of hydrogen-bond acceptors (Lipinski definition) is 10. The van der Waals surface area contributed by atoms with E-state index in [4.69, 9.17) is 13.9 Å². The number of nitrogens with zero attached hydrogens (tertiary/aromatic N) is 3. The van der Waals surface area contributed by atoms with Crippen LogP contribution in [0.15, 0.2) is 82.1 Å². The topological polar surface area (TPSA) is 166 Å². The van der Waals surface area contributed by atoms with Crippen LogP contribution in [-0.2, 0) is 34.3 Å². The number of alkyl halides is 3. The van der Waals surface area contributed by atoms with Crippen molar-refractivity contribution >= 4 is 48.8 Å². The summed E-state index contributed by atoms with van der Waals surface area (Å²) in [7, 11) is -11.8. The van der Waals surface area contributed by atoms with Crippen molar-refractivity contribution < 1.29 is 53.5 Å². The van der Waals surface area contributed by atoms with Gasteiger partial charge in [-0.25, -0.2) is 31.0 Å². The molecule has 0 unspecified atom stereocenters. The van der Waals surface area contributed by atoms with Crippen LogP contribution in [0.3, 0.4) is 0 Å². The monoisotopic (exact) mass is 836 g/mol. The lowest BCUT2D eigenvalue weighted by atomic mass is 9.93. The Labute approximate surface area is 330 Å². The molecule has 18 heteroatoms. The van der Waals surface area contributed by atoms with E-state index in [1.54, 1.807) is 30.3 Å². The summed E-state index contributed by atoms with van der Waals surface area (Å²) in [6.45, 7) is 13.4. The smallest absolute Gasteiger partial charge is 0.460 e. The predicted octanol–water partition coefficient (Wildman–Crippen LogP) is 7.16. The summed E-state index contributed by atoms with van der Waals surface area (Å²) in [5.74, 6) is -0.282. The van der Waals surface area contributed by atoms with E-state index in [1.807, 2.05) is 24.5 Å². The Hall–Kier alpha value is -4.94. The van der Waals surface area contributed by atoms with E-state index in [2.05, 4.69) is 27.8 Å². The average molecular weight is 837 g/mol. The second kappa shape index (κ2) is 19.5. The number of anilines is 1. The molecule has 2 aromatic rings. The molecular weight excluding hydrogens is 790 g/mol. The van der Waals surface area contributed by atoms with Crippen molar-refractivity contribution in [2.75, 3.05) is 50.8 Å². The van der Waals surface area contributed by atoms with Crippen molar-refractivity contribution in [3.63, 3.8) is 0 Å². The summed E-state index contributed by atoms with van der Waals surface area (Å²) in [4.78, 5) is 25.3. The molecule has 0 bridgehead atoms. The van der Waals surface area contributed by atoms with Gasteiger partial charge >= 0.3 is 17.6 Å². The maximum atomic E-state index is 13.4. The Morgan fingerprint density at radius 3 is 2.30 bits per heavy atom. The highest BCUT2D eigenvalue weighted by Gasteiger charge is 2.41. The number of benzene rings is 3. The molecule has 57 heavy (non-hydrogen) atoms. The zero-order valence-electron chi connectivity index (χ0n) is 32.2. The first-order valence-corrected chi connectivity index (χ1v) is 21.3. The fraction of sp³-hybridized carbons (Fsp3) is 0.410. The SMILES string of the molecule is C=C(C)C(=O)OCCNC(=O)OCC[N+](CCCC)=c1ccc2c(-c3ccccc3S(=O)(=O)[N-]S(=O)(=O)C(F)(F)F)c3ccc(N(CC)CCCC)cc3oc-2c1. The quantitative estimate of drug-likeness (QED) is 0.0337. The van der Waals surface area contributed by atoms with E-state index in [-0.39, 0.29) is 43.0 Å². The summed E-state index contributed by atoms with van der Waals surface area (Å²) in [6.07, 6.45) is 2.81. The van der Waals surface area contributed by atoms with Crippen LogP contribution in [0.4, 0.5) is 23.7 Å². The molecule has 0 atom stereocenters. The minimum atomic E-state index is -6.41. The molecular formula is C39H47F3N4O9S2. The minimum Gasteiger partial charge on any atom is -0.460 e. The Balaban J connectivity index is 1.85. The fourth-order valence-electron chi connectivity index (χ4n) is 5.92. The summed E-state index contributed by atoms with van der Waals surface area (Å²) < 4.78 is 112. The zero-order chi connectivity index (χ0) is 42.0. The van der Waals surface area contributed by atoms with Crippen LogP contribution in [0.2, 0.25) is 0 Å². The van der Waals surface area contributed by atoms with Crippen molar-refractivity contribution in [3.8, 4) is 22.5 Å². The second-order valence-corrected chi connectivity index (χ2v) is 16.5. The molecule has 0 saturated carbocycles. The Kier molecular flexibility index (Phi) is 15.3. The number of halogens is 3. The molecule has 0 radical (unpaired) electrons. The van der Waals surface area contributed by atoms with E-state index < -0.39 is 42.5 Å². The molecule has 0 saturated heterocycles. The van der Waals surface area contributed by atoms with Gasteiger partial charge in [-0.3, -0.25) is 0 Å². The number of carbonyl (C=O) groups excluding carboxylic acids is 2. The van der Waals surface area contributed by atoms with Crippen LogP contribution in [0.25, 0.3) is 37.5 Å². The number of alkyl carbamates (subject to hydrolysis) is 1. The van der Waals surface area contributed by atoms with Gasteiger partial charge in [0.25, 0.3) is 0 Å². The van der Waals surface area contributed by atoms with Gasteiger partial charge in [-0.15, -0.1) is 0 Å². The highest BCUT2D eigenvalue weighted by Crippen LogP contribution is 2.44. The van der Waals surface area contributed by atoms with Gasteiger partial charge in [0, 0.05) is 65.0 Å². The lowest BCUT2D eigenvalue weighted by Gasteiger charge is -2.25. The van der Waals surface area contributed by atoms with Crippen LogP contribution < -0.4 is 20.1 Å². The number of carbonyl (C=O) groups is 2. The van der Waals surface area contributed by atoms with Crippen LogP contribution in [-0.4, -0.2) is 80.3 Å². The molecule has 13 nitrogen and oxygen atoms in total. The third-order valence-electron chi connectivity index (χ3n) is 8.83. The summed E-state index contributed by atoms with van der Waals surface area (Å²) in [5.41, 5.74) is -3.97. The number of rotatable bonds is 19. The van der Waals surface area contributed by atoms with Gasteiger partial charge in [0.2, 0.25) is 5.36 Å². The number of nitrogens with one attached hydrogen (secondary N) is 1. The van der Waals surface area contributed by atoms with Gasteiger partial charge in [-0.1, -0.05) is 51.5 Å². The van der Waals surface area contributed by atoms with Gasteiger partial charge in [-0.2, -0.15) is 13.2 Å². The number of sulfonamides is 2. The number of fused-ring (bicyclic) bond motifs is 2. The van der Waals surface area contributed by atoms with Gasteiger partial charge in [-0.05, 0) is 44.5 Å². The van der Waals surface area contributed by atoms with E-state index in [0.717, 1.165) is 44.0 Å². The van der Waals surface area contributed by atoms with Gasteiger partial charge < -0.3 is 28.2 Å². The fourth-order valence-corrected chi connectivity index (χ4v) is 8.31. The third-order valence-corrected chi connectivity index (χ3v) is 11.9. The third kappa shape index (κ3) is 11.3. The highest BCUT2D eigenvalue weighted by atomic mass is 32.3. The standard InChI is InChI=1S/C39H47F3N4O9S2/c1-6-9-20-45(8-3)28-15-17-30-33(25-28)55-34-26-29(46(21-10-7-2)22-24-54-38(48)43-19-23-53-37(47)27(4)5)16-18-31(34)36(30)32-13-11-12-14-35(32)56(49,50)44-57(51,52)39(40,41)42/h11-18,25-26H,4,6-10,19-24H2,1-3,5H3,(H,43,48). The van der Waals surface area contributed by atoms with E-state index in [0.29, 0.717) is 40.7 Å². The largest absolute Gasteiger partial charge is 0.480 e. The van der Waals surface area contributed by atoms with Crippen molar-refractivity contribution in [1.82, 2.24) is 9.89 Å². The molecule has 1 aliphatic carbocycles. The molecule has 4 rings (SSSR count). The number of unbranched alkanes of at least 4 members (excludes halogenated alkanes) is 2. The molecule has 310 valence electrons. The van der Waals surface area contributed by atoms with Gasteiger partial charge in [0.1, 0.15) is 34.5 Å². The maximum Gasteiger partial charge on any atom is 0.480 e. The molecule has 2 aromatic carbocycles. The van der Waals surface area contributed by atoms with Crippen LogP contribution in [0.1, 0.15) is 53.4 Å². The Morgan fingerprint density at radius 1 is 0.912 bits per heavy atom. The van der Waals surface area contributed by atoms with E-state index in [1.165, 1.54) is 25.1 Å². The number of hydrogen-bond donors (Lipinski definition) is 1. The molecule has 0 spiro atoms. The van der Waals surface area contributed by atoms with Crippen LogP contribution in [0.5, 0.6) is 0 Å². The van der Waals surface area contributed by atoms with Crippen molar-refractivity contribution in [3.05, 3.63) is 82.3 Å². The molecule has 1 amide bonds. The average Bonchev–Trinajstić information content (AvgIpc) is 3.15. The molecule has 1 heterocycles. The van der Waals surface area contributed by atoms with Crippen LogP contribution in [0, 0.1) is 0 Å². The van der Waals surface area contributed by atoms with Crippen molar-refractivity contribution in [2.45, 2.75) is 63.8 Å². The van der Waals surface area contributed by atoms with E-state index in [9.17, 15) is 39.6 Å². The molecule has 1 aliphatic heterocycles. The first kappa shape index (κ1) is 44.8. The molecule has 0 fully saturated rings. The zero-order valence-corrected chi connectivity index (χ0v) is 33.9. The molecule has 1 N–H and O–H groups in total. The molecule has 2 aliphatic rings. The maximum absolute atomic E-state index is 13.4. The lowest BCUT2D eigenvalue weighted by Crippen LogP contribution is -2.36. The van der Waals surface area contributed by atoms with E-state index >= 15 is 0 Å². The van der Waals surface area contributed by atoms with Crippen molar-refractivity contribution in [1.29, 1.82) is 0 Å². The lowest BCUT2D eigenvalue weighted by molar-refractivity contribution is -0.138. The van der Waals surface area contributed by atoms with Crippen molar-refractivity contribution in [2.24, 2.45) is 0 Å². The van der Waals surface area contributed by atoms with Gasteiger partial charge in [0.05, 0.1) is 17.5 Å². The summed E-state index contributed by atoms with van der Waals surface area (Å²) in [5, 5.41) is 3.60. The second-order valence-electron chi connectivity index (χ2n) is 13.1. The van der Waals surface area contributed by atoms with Crippen LogP contribution >= 0.6 is 0 Å². The normalized spacial score (nSPS) is 12.7. The predicted molar refractivity (Wildman–Crippen MR) is 212 cm³/mol. The highest BCUT2D eigenvalue weighted by molar-refractivity contribution is 8.12. The first-order valence-electron chi connectivity index (χ1n) is 18.4. The minimum absolute atomic E-state index is 0.0111. The Morgan fingerprint density at radius 2 is 1.63 bits per heavy atom. The number of ether oxygens (including phenoxy) is 2. The summed E-state index contributed by atoms with van der Waals surface area (Å²) in [6, 6.07) is 15.7. The molecule has 0 aromatic heterocycles. The number of esters is 1. The Bertz CT molecular complexity index is 2340. The van der Waals surface area contributed by atoms with Gasteiger partial charge in [0.15, 0.2) is 23.2 Å². The first-order chi connectivity index (χ1) is 26.9. The summed E-state index contributed by atoms with van der Waals surface area (Å²) >= 11 is 0. The number of amides is 1.